The summed E-state index contributed by atoms with van der Waals surface area (Å²) < 4.78 is 5.71. The van der Waals surface area contributed by atoms with Crippen LogP contribution in [0.5, 0.6) is 0 Å². The first kappa shape index (κ1) is 14.5. The summed E-state index contributed by atoms with van der Waals surface area (Å²) in [4.78, 5) is 15.2. The first-order chi connectivity index (χ1) is 9.45. The van der Waals surface area contributed by atoms with Crippen LogP contribution in [0, 0.1) is 6.92 Å². The third kappa shape index (κ3) is 3.55. The Morgan fingerprint density at radius 3 is 3.00 bits per heavy atom. The second-order valence-electron chi connectivity index (χ2n) is 4.15. The number of hydrogen-bond donors (Lipinski definition) is 3. The van der Waals surface area contributed by atoms with E-state index >= 15 is 0 Å². The lowest BCUT2D eigenvalue weighted by Crippen LogP contribution is -2.18. The number of aryl methyl sites for hydroxylation is 1. The lowest BCUT2D eigenvalue weighted by Gasteiger charge is -1.99. The Labute approximate surface area is 125 Å². The molecule has 0 aliphatic heterocycles. The number of nitrogens with one attached hydrogen (secondary N) is 2. The summed E-state index contributed by atoms with van der Waals surface area (Å²) in [5.41, 5.74) is 7.06. The van der Waals surface area contributed by atoms with E-state index < -0.39 is 0 Å². The molecule has 4 N–H and O–H groups in total. The summed E-state index contributed by atoms with van der Waals surface area (Å²) in [5, 5.41) is 8.11. The number of furan rings is 1. The van der Waals surface area contributed by atoms with Crippen LogP contribution >= 0.6 is 23.6 Å². The van der Waals surface area contributed by atoms with Gasteiger partial charge in [-0.15, -0.1) is 11.3 Å². The Bertz CT molecular complexity index is 648. The van der Waals surface area contributed by atoms with Gasteiger partial charge in [0.1, 0.15) is 11.5 Å². The number of anilines is 1. The number of thiazole rings is 1. The molecule has 0 aromatic carbocycles. The fraction of sp³-hybridized carbons (Fsp3) is 0.250. The van der Waals surface area contributed by atoms with Crippen LogP contribution in [0.3, 0.4) is 0 Å². The molecule has 0 saturated carbocycles. The summed E-state index contributed by atoms with van der Waals surface area (Å²) in [6.45, 7) is 3.75. The number of nitrogens with zero attached hydrogens (tertiary/aromatic N) is 1. The van der Waals surface area contributed by atoms with E-state index in [1.807, 2.05) is 18.4 Å². The summed E-state index contributed by atoms with van der Waals surface area (Å²) >= 11 is 6.14. The first-order valence-corrected chi connectivity index (χ1v) is 7.10. The zero-order valence-corrected chi connectivity index (χ0v) is 12.7. The van der Waals surface area contributed by atoms with Gasteiger partial charge in [0.15, 0.2) is 16.0 Å². The van der Waals surface area contributed by atoms with Crippen molar-refractivity contribution in [2.24, 2.45) is 5.73 Å². The number of aromatic nitrogens is 1. The largest absolute Gasteiger partial charge is 0.457 e. The SMILES string of the molecule is CC(=O)NCc1oc(-c2csc(NC(N)=S)n2)cc1C. The molecule has 2 aromatic rings. The van der Waals surface area contributed by atoms with E-state index in [0.29, 0.717) is 28.9 Å². The number of amides is 1. The zero-order chi connectivity index (χ0) is 14.7. The summed E-state index contributed by atoms with van der Waals surface area (Å²) in [6, 6.07) is 1.89. The van der Waals surface area contributed by atoms with Gasteiger partial charge in [0, 0.05) is 12.3 Å². The Hall–Kier alpha value is -1.93. The quantitative estimate of drug-likeness (QED) is 0.748. The molecule has 106 valence electrons. The molecule has 0 aliphatic rings. The van der Waals surface area contributed by atoms with Crippen LogP contribution in [0.25, 0.3) is 11.5 Å². The van der Waals surface area contributed by atoms with E-state index in [1.165, 1.54) is 18.3 Å². The molecule has 2 rings (SSSR count). The molecule has 6 nitrogen and oxygen atoms in total. The highest BCUT2D eigenvalue weighted by atomic mass is 32.1. The van der Waals surface area contributed by atoms with E-state index in [-0.39, 0.29) is 11.0 Å². The molecule has 2 heterocycles. The van der Waals surface area contributed by atoms with Gasteiger partial charge in [0.25, 0.3) is 0 Å². The third-order valence-electron chi connectivity index (χ3n) is 2.51. The minimum Gasteiger partial charge on any atom is -0.457 e. The molecule has 0 atom stereocenters. The second-order valence-corrected chi connectivity index (χ2v) is 5.45. The number of carbonyl (C=O) groups is 1. The van der Waals surface area contributed by atoms with Gasteiger partial charge < -0.3 is 20.8 Å². The zero-order valence-electron chi connectivity index (χ0n) is 11.0. The maximum absolute atomic E-state index is 10.9. The average Bonchev–Trinajstić information content (AvgIpc) is 2.93. The van der Waals surface area contributed by atoms with Crippen molar-refractivity contribution in [3.05, 3.63) is 22.8 Å². The molecule has 2 aromatic heterocycles. The van der Waals surface area contributed by atoms with Gasteiger partial charge in [-0.25, -0.2) is 4.98 Å². The van der Waals surface area contributed by atoms with E-state index in [9.17, 15) is 4.79 Å². The standard InChI is InChI=1S/C12H14N4O2S2/c1-6-3-9(18-10(6)4-14-7(2)17)8-5-20-12(15-8)16-11(13)19/h3,5H,4H2,1-2H3,(H,14,17)(H3,13,15,16,19). The van der Waals surface area contributed by atoms with Crippen LogP contribution in [0.4, 0.5) is 5.13 Å². The van der Waals surface area contributed by atoms with Crippen LogP contribution in [-0.4, -0.2) is 16.0 Å². The first-order valence-electron chi connectivity index (χ1n) is 5.82. The smallest absolute Gasteiger partial charge is 0.217 e. The molecular formula is C12H14N4O2S2. The van der Waals surface area contributed by atoms with Crippen molar-refractivity contribution >= 4 is 39.7 Å². The Balaban J connectivity index is 2.16. The molecule has 0 saturated heterocycles. The van der Waals surface area contributed by atoms with Gasteiger partial charge in [-0.2, -0.15) is 0 Å². The van der Waals surface area contributed by atoms with Crippen molar-refractivity contribution in [1.82, 2.24) is 10.3 Å². The molecule has 8 heteroatoms. The van der Waals surface area contributed by atoms with Gasteiger partial charge in [-0.05, 0) is 30.8 Å². The van der Waals surface area contributed by atoms with Crippen LogP contribution in [-0.2, 0) is 11.3 Å². The van der Waals surface area contributed by atoms with Gasteiger partial charge in [-0.1, -0.05) is 0 Å². The van der Waals surface area contributed by atoms with Crippen molar-refractivity contribution in [2.45, 2.75) is 20.4 Å². The Morgan fingerprint density at radius 1 is 1.60 bits per heavy atom. The predicted octanol–water partition coefficient (Wildman–Crippen LogP) is 2.00. The Kier molecular flexibility index (Phi) is 4.35. The van der Waals surface area contributed by atoms with Crippen molar-refractivity contribution < 1.29 is 9.21 Å². The van der Waals surface area contributed by atoms with Gasteiger partial charge in [0.05, 0.1) is 6.54 Å². The molecule has 20 heavy (non-hydrogen) atoms. The molecule has 1 amide bonds. The van der Waals surface area contributed by atoms with Crippen molar-refractivity contribution in [1.29, 1.82) is 0 Å². The number of carbonyl (C=O) groups excluding carboxylic acids is 1. The average molecular weight is 310 g/mol. The van der Waals surface area contributed by atoms with Gasteiger partial charge in [0.2, 0.25) is 5.91 Å². The maximum atomic E-state index is 10.9. The van der Waals surface area contributed by atoms with E-state index in [0.717, 1.165) is 5.56 Å². The highest BCUT2D eigenvalue weighted by molar-refractivity contribution is 7.80. The van der Waals surface area contributed by atoms with E-state index in [1.54, 1.807) is 0 Å². The summed E-state index contributed by atoms with van der Waals surface area (Å²) in [5.74, 6) is 1.26. The van der Waals surface area contributed by atoms with Crippen LogP contribution < -0.4 is 16.4 Å². The van der Waals surface area contributed by atoms with Crippen LogP contribution in [0.2, 0.25) is 0 Å². The normalized spacial score (nSPS) is 10.3. The molecule has 0 radical (unpaired) electrons. The van der Waals surface area contributed by atoms with Crippen molar-refractivity contribution in [3.63, 3.8) is 0 Å². The van der Waals surface area contributed by atoms with Crippen molar-refractivity contribution in [2.75, 3.05) is 5.32 Å². The summed E-state index contributed by atoms with van der Waals surface area (Å²) in [6.07, 6.45) is 0. The number of thiocarbonyl (C=S) groups is 1. The highest BCUT2D eigenvalue weighted by Crippen LogP contribution is 2.28. The molecule has 0 spiro atoms. The maximum Gasteiger partial charge on any atom is 0.217 e. The van der Waals surface area contributed by atoms with Crippen LogP contribution in [0.15, 0.2) is 15.9 Å². The number of hydrogen-bond acceptors (Lipinski definition) is 5. The lowest BCUT2D eigenvalue weighted by atomic mass is 10.2. The summed E-state index contributed by atoms with van der Waals surface area (Å²) in [7, 11) is 0. The van der Waals surface area contributed by atoms with E-state index in [2.05, 4.69) is 15.6 Å². The fourth-order valence-electron chi connectivity index (χ4n) is 1.58. The minimum absolute atomic E-state index is 0.0982. The van der Waals surface area contributed by atoms with Gasteiger partial charge in [-0.3, -0.25) is 4.79 Å². The van der Waals surface area contributed by atoms with E-state index in [4.69, 9.17) is 22.4 Å². The topological polar surface area (TPSA) is 93.2 Å². The predicted molar refractivity (Wildman–Crippen MR) is 82.5 cm³/mol. The number of rotatable bonds is 4. The van der Waals surface area contributed by atoms with Crippen LogP contribution in [0.1, 0.15) is 18.2 Å². The third-order valence-corrected chi connectivity index (χ3v) is 3.37. The minimum atomic E-state index is -0.0982. The lowest BCUT2D eigenvalue weighted by molar-refractivity contribution is -0.119. The Morgan fingerprint density at radius 2 is 2.35 bits per heavy atom. The number of nitrogens with two attached hydrogens (primary N) is 1. The second kappa shape index (κ2) is 6.02. The fourth-order valence-corrected chi connectivity index (χ4v) is 2.45. The molecule has 0 aliphatic carbocycles. The van der Waals surface area contributed by atoms with Gasteiger partial charge >= 0.3 is 0 Å². The highest BCUT2D eigenvalue weighted by Gasteiger charge is 2.13. The molecule has 0 fully saturated rings. The molecule has 0 unspecified atom stereocenters. The monoisotopic (exact) mass is 310 g/mol. The molecule has 0 bridgehead atoms. The molecular weight excluding hydrogens is 296 g/mol. The van der Waals surface area contributed by atoms with Crippen molar-refractivity contribution in [3.8, 4) is 11.5 Å².